The van der Waals surface area contributed by atoms with Gasteiger partial charge in [-0.05, 0) is 47.6 Å². The summed E-state index contributed by atoms with van der Waals surface area (Å²) < 4.78 is 0. The molecule has 0 aliphatic heterocycles. The normalized spacial score (nSPS) is 11.1. The lowest BCUT2D eigenvalue weighted by molar-refractivity contribution is 0.635. The van der Waals surface area contributed by atoms with Gasteiger partial charge in [0.05, 0.1) is 67.5 Å². The minimum absolute atomic E-state index is 0.0769. The molecule has 6 heterocycles. The smallest absolute Gasteiger partial charge is 0.162 e. The van der Waals surface area contributed by atoms with Crippen LogP contribution in [-0.2, 0) is 25.7 Å². The molecule has 0 atom stereocenters. The van der Waals surface area contributed by atoms with Gasteiger partial charge in [-0.3, -0.25) is 0 Å². The van der Waals surface area contributed by atoms with Gasteiger partial charge >= 0.3 is 0 Å². The fraction of sp³-hybridized carbons (Fsp3) is 0.242. The van der Waals surface area contributed by atoms with E-state index in [1.54, 1.807) is 24.8 Å². The fourth-order valence-electron chi connectivity index (χ4n) is 9.16. The van der Waals surface area contributed by atoms with Crippen LogP contribution in [0.4, 0.5) is 0 Å². The summed E-state index contributed by atoms with van der Waals surface area (Å²) in [4.78, 5) is 57.6. The molecule has 0 bridgehead atoms. The lowest BCUT2D eigenvalue weighted by atomic mass is 10.0. The van der Waals surface area contributed by atoms with Gasteiger partial charge in [-0.2, -0.15) is 10.5 Å². The van der Waals surface area contributed by atoms with Gasteiger partial charge in [0, 0.05) is 61.1 Å². The van der Waals surface area contributed by atoms with Gasteiger partial charge in [-0.15, -0.1) is 0 Å². The van der Waals surface area contributed by atoms with Crippen LogP contribution >= 0.6 is 0 Å². The number of rotatable bonds is 16. The van der Waals surface area contributed by atoms with E-state index in [0.717, 1.165) is 80.1 Å². The quantitative estimate of drug-likeness (QED) is 0.0884. The van der Waals surface area contributed by atoms with E-state index in [4.69, 9.17) is 49.8 Å². The monoisotopic (exact) mass is 1050 g/mol. The number of nitriles is 2. The Morgan fingerprint density at radius 3 is 0.950 bits per heavy atom. The van der Waals surface area contributed by atoms with E-state index in [2.05, 4.69) is 74.1 Å². The van der Waals surface area contributed by atoms with Crippen molar-refractivity contribution < 1.29 is 0 Å². The Bertz CT molecular complexity index is 3560. The van der Waals surface area contributed by atoms with Crippen molar-refractivity contribution in [3.8, 4) is 80.5 Å². The molecule has 0 amide bonds. The molecular formula is C66H62N14. The molecule has 396 valence electrons. The summed E-state index contributed by atoms with van der Waals surface area (Å²) in [5, 5.41) is 19.1. The molecule has 14 heteroatoms. The maximum atomic E-state index is 9.55. The van der Waals surface area contributed by atoms with Crippen molar-refractivity contribution in [1.82, 2.24) is 59.8 Å². The van der Waals surface area contributed by atoms with Crippen LogP contribution in [0.2, 0.25) is 0 Å². The lowest BCUT2D eigenvalue weighted by Gasteiger charge is -2.15. The van der Waals surface area contributed by atoms with Crippen LogP contribution in [0.5, 0.6) is 0 Å². The third kappa shape index (κ3) is 13.4. The Kier molecular flexibility index (Phi) is 17.7. The summed E-state index contributed by atoms with van der Waals surface area (Å²) in [6, 6.07) is 44.8. The number of nitrogens with zero attached hydrogens (tertiary/aromatic N) is 14. The first-order chi connectivity index (χ1) is 38.8. The predicted molar refractivity (Wildman–Crippen MR) is 312 cm³/mol. The van der Waals surface area contributed by atoms with Gasteiger partial charge in [0.1, 0.15) is 12.1 Å². The second kappa shape index (κ2) is 25.7. The molecule has 0 N–H and O–H groups in total. The average molecular weight is 1050 g/mol. The molecular weight excluding hydrogens is 989 g/mol. The zero-order valence-corrected chi connectivity index (χ0v) is 46.4. The first-order valence-corrected chi connectivity index (χ1v) is 27.0. The van der Waals surface area contributed by atoms with Crippen molar-refractivity contribution in [2.45, 2.75) is 92.9 Å². The molecule has 0 saturated heterocycles. The highest BCUT2D eigenvalue weighted by Crippen LogP contribution is 2.32. The van der Waals surface area contributed by atoms with Crippen LogP contribution in [-0.4, -0.2) is 59.8 Å². The largest absolute Gasteiger partial charge is 0.236 e. The Labute approximate surface area is 468 Å². The fourth-order valence-corrected chi connectivity index (χ4v) is 9.16. The molecule has 6 aromatic heterocycles. The maximum Gasteiger partial charge on any atom is 0.162 e. The first kappa shape index (κ1) is 55.1. The van der Waals surface area contributed by atoms with Crippen molar-refractivity contribution in [2.75, 3.05) is 0 Å². The van der Waals surface area contributed by atoms with Gasteiger partial charge in [-0.1, -0.05) is 177 Å². The Hall–Kier alpha value is -9.66. The van der Waals surface area contributed by atoms with Crippen LogP contribution in [0.3, 0.4) is 0 Å². The van der Waals surface area contributed by atoms with Crippen molar-refractivity contribution in [3.63, 3.8) is 0 Å². The van der Waals surface area contributed by atoms with Crippen molar-refractivity contribution in [1.29, 1.82) is 10.5 Å². The molecule has 0 aliphatic carbocycles. The molecule has 14 nitrogen and oxygen atoms in total. The summed E-state index contributed by atoms with van der Waals surface area (Å²) >= 11 is 0. The molecule has 80 heavy (non-hydrogen) atoms. The molecule has 0 saturated carbocycles. The number of hydrogen-bond acceptors (Lipinski definition) is 14. The number of hydrogen-bond donors (Lipinski definition) is 0. The molecule has 0 unspecified atom stereocenters. The minimum atomic E-state index is 0.0769. The van der Waals surface area contributed by atoms with E-state index in [1.807, 2.05) is 137 Å². The summed E-state index contributed by atoms with van der Waals surface area (Å²) in [6.07, 6.45) is 13.1. The van der Waals surface area contributed by atoms with E-state index in [9.17, 15) is 10.5 Å². The maximum absolute atomic E-state index is 9.55. The minimum Gasteiger partial charge on any atom is -0.236 e. The Balaban J connectivity index is 0.000000194. The topological polar surface area (TPSA) is 202 Å². The van der Waals surface area contributed by atoms with Crippen LogP contribution in [0.15, 0.2) is 159 Å². The van der Waals surface area contributed by atoms with E-state index in [0.29, 0.717) is 82.1 Å². The van der Waals surface area contributed by atoms with E-state index in [-0.39, 0.29) is 11.8 Å². The van der Waals surface area contributed by atoms with Crippen molar-refractivity contribution in [3.05, 3.63) is 215 Å². The van der Waals surface area contributed by atoms with Crippen LogP contribution in [0, 0.1) is 34.5 Å². The second-order valence-electron chi connectivity index (χ2n) is 21.0. The van der Waals surface area contributed by atoms with Crippen LogP contribution < -0.4 is 0 Å². The van der Waals surface area contributed by atoms with Crippen molar-refractivity contribution >= 4 is 0 Å². The van der Waals surface area contributed by atoms with Gasteiger partial charge < -0.3 is 0 Å². The predicted octanol–water partition coefficient (Wildman–Crippen LogP) is 13.7. The zero-order chi connectivity index (χ0) is 56.1. The summed E-state index contributed by atoms with van der Waals surface area (Å²) in [6.45, 7) is 16.8. The molecule has 4 aromatic carbocycles. The lowest BCUT2D eigenvalue weighted by Crippen LogP contribution is -2.08. The van der Waals surface area contributed by atoms with E-state index >= 15 is 0 Å². The van der Waals surface area contributed by atoms with Gasteiger partial charge in [0.15, 0.2) is 34.9 Å². The van der Waals surface area contributed by atoms with Gasteiger partial charge in [-0.25, -0.2) is 59.8 Å². The SMILES string of the molecule is CC(C)Cc1nc(-c2ccccc2)ncc1-c1ncc(-c2ncc(C#N)c(C(C)C)n2)c(Cc2ccccc2)n1.CC(C)Cc1nc(-c2ccccc2)ncc1-c1ncc(-c2ncc(C#N)c(C(C)C)n2)c(Cc2ccccc2)n1. The Morgan fingerprint density at radius 1 is 0.338 bits per heavy atom. The van der Waals surface area contributed by atoms with Gasteiger partial charge in [0.25, 0.3) is 0 Å². The standard InChI is InChI=1S/2C33H31N7/c2*1-21(2)15-28-26(19-36-31(38-28)24-13-9-6-10-14-24)32-37-20-27(29(39-32)16-23-11-7-5-8-12-23)33-35-18-25(17-34)30(40-33)22(3)4/h2*5-14,18-22H,15-16H2,1-4H3. The van der Waals surface area contributed by atoms with Crippen LogP contribution in [0.25, 0.3) is 68.3 Å². The first-order valence-electron chi connectivity index (χ1n) is 27.0. The third-order valence-electron chi connectivity index (χ3n) is 13.1. The highest BCUT2D eigenvalue weighted by atomic mass is 15.0. The summed E-state index contributed by atoms with van der Waals surface area (Å²) in [7, 11) is 0. The van der Waals surface area contributed by atoms with Gasteiger partial charge in [0.2, 0.25) is 0 Å². The Morgan fingerprint density at radius 2 is 0.625 bits per heavy atom. The van der Waals surface area contributed by atoms with Crippen LogP contribution in [0.1, 0.15) is 124 Å². The molecule has 0 aliphatic rings. The molecule has 10 aromatic rings. The second-order valence-corrected chi connectivity index (χ2v) is 21.0. The summed E-state index contributed by atoms with van der Waals surface area (Å²) in [5.41, 5.74) is 13.1. The number of benzene rings is 4. The number of aromatic nitrogens is 12. The van der Waals surface area contributed by atoms with E-state index in [1.165, 1.54) is 0 Å². The molecule has 0 radical (unpaired) electrons. The van der Waals surface area contributed by atoms with Crippen molar-refractivity contribution in [2.24, 2.45) is 11.8 Å². The summed E-state index contributed by atoms with van der Waals surface area (Å²) in [5.74, 6) is 4.48. The molecule has 0 fully saturated rings. The zero-order valence-electron chi connectivity index (χ0n) is 46.4. The molecule has 10 rings (SSSR count). The average Bonchev–Trinajstić information content (AvgIpc) is 3.48. The third-order valence-corrected chi connectivity index (χ3v) is 13.1. The highest BCUT2D eigenvalue weighted by Gasteiger charge is 2.23. The van der Waals surface area contributed by atoms with E-state index < -0.39 is 0 Å². The molecule has 0 spiro atoms. The highest BCUT2D eigenvalue weighted by molar-refractivity contribution is 5.68.